The van der Waals surface area contributed by atoms with E-state index in [0.29, 0.717) is 0 Å². The molecule has 0 spiro atoms. The number of unbranched alkanes of at least 4 members (excludes halogenated alkanes) is 1. The maximum absolute atomic E-state index is 10.2. The van der Waals surface area contributed by atoms with Crippen LogP contribution in [0.1, 0.15) is 39.0 Å². The highest BCUT2D eigenvalue weighted by molar-refractivity contribution is 4.92. The number of hydrogen-bond acceptors (Lipinski definition) is 3. The van der Waals surface area contributed by atoms with Crippen LogP contribution in [-0.2, 0) is 0 Å². The molecule has 78 valence electrons. The molecule has 0 aromatic carbocycles. The molecule has 1 aliphatic heterocycles. The van der Waals surface area contributed by atoms with Gasteiger partial charge >= 0.3 is 0 Å². The van der Waals surface area contributed by atoms with Crippen molar-refractivity contribution in [1.29, 1.82) is 0 Å². The second-order valence-corrected chi connectivity index (χ2v) is 4.10. The molecular weight excluding hydrogens is 164 g/mol. The molecule has 0 amide bonds. The number of aliphatic hydroxyl groups is 1. The summed E-state index contributed by atoms with van der Waals surface area (Å²) in [6.45, 7) is 3.95. The van der Waals surface area contributed by atoms with Crippen molar-refractivity contribution in [3.8, 4) is 0 Å². The van der Waals surface area contributed by atoms with Gasteiger partial charge in [0, 0.05) is 6.04 Å². The van der Waals surface area contributed by atoms with Gasteiger partial charge in [0.15, 0.2) is 0 Å². The third kappa shape index (κ3) is 2.93. The summed E-state index contributed by atoms with van der Waals surface area (Å²) < 4.78 is 0. The van der Waals surface area contributed by atoms with Gasteiger partial charge in [0.25, 0.3) is 0 Å². The Kier molecular flexibility index (Phi) is 4.16. The van der Waals surface area contributed by atoms with E-state index in [1.165, 1.54) is 0 Å². The third-order valence-electron chi connectivity index (χ3n) is 3.03. The zero-order valence-corrected chi connectivity index (χ0v) is 8.55. The third-order valence-corrected chi connectivity index (χ3v) is 3.03. The topological polar surface area (TPSA) is 58.3 Å². The average Bonchev–Trinajstić information content (AvgIpc) is 2.15. The van der Waals surface area contributed by atoms with Crippen molar-refractivity contribution in [2.45, 2.75) is 50.7 Å². The van der Waals surface area contributed by atoms with Crippen molar-refractivity contribution in [3.05, 3.63) is 0 Å². The molecule has 1 heterocycles. The average molecular weight is 186 g/mol. The lowest BCUT2D eigenvalue weighted by atomic mass is 9.83. The van der Waals surface area contributed by atoms with Crippen molar-refractivity contribution in [3.63, 3.8) is 0 Å². The smallest absolute Gasteiger partial charge is 0.0822 e. The maximum Gasteiger partial charge on any atom is 0.0822 e. The Hall–Kier alpha value is -0.120. The first-order chi connectivity index (χ1) is 6.19. The predicted octanol–water partition coefficient (Wildman–Crippen LogP) is 0.618. The van der Waals surface area contributed by atoms with E-state index < -0.39 is 5.60 Å². The normalized spacial score (nSPS) is 24.2. The van der Waals surface area contributed by atoms with Crippen LogP contribution < -0.4 is 11.1 Å². The summed E-state index contributed by atoms with van der Waals surface area (Å²) in [6, 6.07) is -0.0328. The van der Waals surface area contributed by atoms with E-state index in [2.05, 4.69) is 12.2 Å². The number of rotatable bonds is 4. The Morgan fingerprint density at radius 3 is 2.62 bits per heavy atom. The first kappa shape index (κ1) is 11.0. The van der Waals surface area contributed by atoms with Gasteiger partial charge in [-0.15, -0.1) is 0 Å². The van der Waals surface area contributed by atoms with Crippen LogP contribution in [0.4, 0.5) is 0 Å². The zero-order valence-electron chi connectivity index (χ0n) is 8.55. The first-order valence-electron chi connectivity index (χ1n) is 5.38. The van der Waals surface area contributed by atoms with E-state index in [1.54, 1.807) is 0 Å². The van der Waals surface area contributed by atoms with Crippen molar-refractivity contribution in [2.24, 2.45) is 5.73 Å². The Bertz CT molecular complexity index is 144. The first-order valence-corrected chi connectivity index (χ1v) is 5.38. The molecule has 0 radical (unpaired) electrons. The van der Waals surface area contributed by atoms with Crippen LogP contribution in [0.5, 0.6) is 0 Å². The van der Waals surface area contributed by atoms with Crippen molar-refractivity contribution in [2.75, 3.05) is 13.1 Å². The van der Waals surface area contributed by atoms with Crippen LogP contribution in [0.2, 0.25) is 0 Å². The van der Waals surface area contributed by atoms with Gasteiger partial charge in [-0.3, -0.25) is 0 Å². The van der Waals surface area contributed by atoms with E-state index in [4.69, 9.17) is 5.73 Å². The molecule has 1 saturated heterocycles. The maximum atomic E-state index is 10.2. The van der Waals surface area contributed by atoms with Crippen molar-refractivity contribution < 1.29 is 5.11 Å². The van der Waals surface area contributed by atoms with Crippen molar-refractivity contribution >= 4 is 0 Å². The molecule has 0 aliphatic carbocycles. The van der Waals surface area contributed by atoms with Gasteiger partial charge < -0.3 is 16.2 Å². The lowest BCUT2D eigenvalue weighted by Gasteiger charge is -2.37. The van der Waals surface area contributed by atoms with E-state index >= 15 is 0 Å². The summed E-state index contributed by atoms with van der Waals surface area (Å²) in [4.78, 5) is 0. The van der Waals surface area contributed by atoms with Gasteiger partial charge in [-0.2, -0.15) is 0 Å². The Balaban J connectivity index is 2.37. The van der Waals surface area contributed by atoms with Crippen molar-refractivity contribution in [1.82, 2.24) is 5.32 Å². The molecule has 1 atom stereocenters. The quantitative estimate of drug-likeness (QED) is 0.603. The molecule has 0 bridgehead atoms. The summed E-state index contributed by atoms with van der Waals surface area (Å²) in [6.07, 6.45) is 4.84. The van der Waals surface area contributed by atoms with Crippen LogP contribution in [0.25, 0.3) is 0 Å². The largest absolute Gasteiger partial charge is 0.388 e. The second-order valence-electron chi connectivity index (χ2n) is 4.10. The highest BCUT2D eigenvalue weighted by Gasteiger charge is 2.34. The number of nitrogens with one attached hydrogen (secondary N) is 1. The Morgan fingerprint density at radius 2 is 2.08 bits per heavy atom. The molecule has 0 aromatic rings. The van der Waals surface area contributed by atoms with E-state index in [9.17, 15) is 5.11 Å². The Morgan fingerprint density at radius 1 is 1.46 bits per heavy atom. The minimum absolute atomic E-state index is 0.0328. The fourth-order valence-corrected chi connectivity index (χ4v) is 1.92. The Labute approximate surface area is 80.7 Å². The summed E-state index contributed by atoms with van der Waals surface area (Å²) in [7, 11) is 0. The fourth-order valence-electron chi connectivity index (χ4n) is 1.92. The molecule has 1 fully saturated rings. The summed E-state index contributed by atoms with van der Waals surface area (Å²) in [5.74, 6) is 0. The molecular formula is C10H22N2O. The van der Waals surface area contributed by atoms with Gasteiger partial charge in [-0.25, -0.2) is 0 Å². The van der Waals surface area contributed by atoms with Crippen LogP contribution >= 0.6 is 0 Å². The minimum atomic E-state index is -0.597. The standard InChI is InChI=1S/C10H22N2O/c1-2-3-4-9(11)10(13)5-7-12-8-6-10/h9,12-13H,2-8,11H2,1H3. The van der Waals surface area contributed by atoms with Gasteiger partial charge in [-0.1, -0.05) is 19.8 Å². The van der Waals surface area contributed by atoms with Crippen LogP contribution in [0.15, 0.2) is 0 Å². The molecule has 1 unspecified atom stereocenters. The summed E-state index contributed by atoms with van der Waals surface area (Å²) in [5, 5.41) is 13.4. The van der Waals surface area contributed by atoms with Gasteiger partial charge in [-0.05, 0) is 32.4 Å². The fraction of sp³-hybridized carbons (Fsp3) is 1.00. The minimum Gasteiger partial charge on any atom is -0.388 e. The van der Waals surface area contributed by atoms with Crippen LogP contribution in [0, 0.1) is 0 Å². The van der Waals surface area contributed by atoms with Gasteiger partial charge in [0.1, 0.15) is 0 Å². The highest BCUT2D eigenvalue weighted by Crippen LogP contribution is 2.23. The lowest BCUT2D eigenvalue weighted by Crippen LogP contribution is -2.53. The molecule has 4 N–H and O–H groups in total. The molecule has 1 rings (SSSR count). The molecule has 0 saturated carbocycles. The SMILES string of the molecule is CCCCC(N)C1(O)CCNCC1. The zero-order chi connectivity index (χ0) is 9.73. The van der Waals surface area contributed by atoms with E-state index in [1.807, 2.05) is 0 Å². The van der Waals surface area contributed by atoms with Crippen LogP contribution in [0.3, 0.4) is 0 Å². The summed E-state index contributed by atoms with van der Waals surface area (Å²) in [5.41, 5.74) is 5.39. The van der Waals surface area contributed by atoms with Gasteiger partial charge in [0.2, 0.25) is 0 Å². The molecule has 0 aromatic heterocycles. The summed E-state index contributed by atoms with van der Waals surface area (Å²) >= 11 is 0. The molecule has 3 nitrogen and oxygen atoms in total. The van der Waals surface area contributed by atoms with E-state index in [0.717, 1.165) is 45.2 Å². The number of hydrogen-bond donors (Lipinski definition) is 3. The number of piperidine rings is 1. The van der Waals surface area contributed by atoms with E-state index in [-0.39, 0.29) is 6.04 Å². The lowest BCUT2D eigenvalue weighted by molar-refractivity contribution is -0.0161. The molecule has 13 heavy (non-hydrogen) atoms. The number of nitrogens with two attached hydrogens (primary N) is 1. The second kappa shape index (κ2) is 4.94. The molecule has 3 heteroatoms. The highest BCUT2D eigenvalue weighted by atomic mass is 16.3. The monoisotopic (exact) mass is 186 g/mol. The molecule has 1 aliphatic rings. The van der Waals surface area contributed by atoms with Gasteiger partial charge in [0.05, 0.1) is 5.60 Å². The van der Waals surface area contributed by atoms with Crippen LogP contribution in [-0.4, -0.2) is 29.8 Å². The predicted molar refractivity (Wildman–Crippen MR) is 54.6 cm³/mol.